The van der Waals surface area contributed by atoms with E-state index in [2.05, 4.69) is 17.2 Å². The summed E-state index contributed by atoms with van der Waals surface area (Å²) in [5.41, 5.74) is 0.732. The normalized spacial score (nSPS) is 24.4. The topological polar surface area (TPSA) is 12.0 Å². The minimum atomic E-state index is 0.732. The van der Waals surface area contributed by atoms with Gasteiger partial charge >= 0.3 is 0 Å². The molecular weight excluding hydrogens is 146 g/mol. The molecule has 0 aliphatic heterocycles. The summed E-state index contributed by atoms with van der Waals surface area (Å²) in [5.74, 6) is 7.02. The maximum Gasteiger partial charge on any atom is 0.0576 e. The van der Waals surface area contributed by atoms with E-state index in [1.54, 1.807) is 0 Å². The average Bonchev–Trinajstić information content (AvgIpc) is 2.86. The lowest BCUT2D eigenvalue weighted by Crippen LogP contribution is -2.25. The van der Waals surface area contributed by atoms with Crippen LogP contribution in [0.2, 0.25) is 0 Å². The van der Waals surface area contributed by atoms with Gasteiger partial charge < -0.3 is 5.32 Å². The molecule has 0 unspecified atom stereocenters. The summed E-state index contributed by atoms with van der Waals surface area (Å²) in [6.45, 7) is 3.99. The zero-order valence-electron chi connectivity index (χ0n) is 7.82. The fourth-order valence-corrected chi connectivity index (χ4v) is 2.05. The molecule has 0 aromatic heterocycles. The lowest BCUT2D eigenvalue weighted by atomic mass is 10.0. The Hall–Kier alpha value is -0.480. The standard InChI is InChI=1S/C11H17N/c1-2-3-8-12-9-11(6-7-11)10-4-5-10/h10,12H,4-9H2,1H3. The van der Waals surface area contributed by atoms with Crippen molar-refractivity contribution in [2.24, 2.45) is 11.3 Å². The van der Waals surface area contributed by atoms with E-state index in [1.165, 1.54) is 32.2 Å². The van der Waals surface area contributed by atoms with Crippen LogP contribution in [0.5, 0.6) is 0 Å². The highest BCUT2D eigenvalue weighted by atomic mass is 14.9. The third kappa shape index (κ3) is 1.64. The molecule has 66 valence electrons. The highest BCUT2D eigenvalue weighted by Crippen LogP contribution is 2.60. The molecule has 1 nitrogen and oxygen atoms in total. The third-order valence-electron chi connectivity index (χ3n) is 3.20. The molecule has 1 N–H and O–H groups in total. The van der Waals surface area contributed by atoms with Gasteiger partial charge in [0, 0.05) is 6.54 Å². The van der Waals surface area contributed by atoms with Crippen LogP contribution in [0.4, 0.5) is 0 Å². The number of hydrogen-bond acceptors (Lipinski definition) is 1. The van der Waals surface area contributed by atoms with E-state index in [0.717, 1.165) is 17.9 Å². The van der Waals surface area contributed by atoms with Crippen molar-refractivity contribution in [1.82, 2.24) is 5.32 Å². The van der Waals surface area contributed by atoms with Gasteiger partial charge in [-0.25, -0.2) is 0 Å². The lowest BCUT2D eigenvalue weighted by molar-refractivity contribution is 0.414. The molecule has 2 saturated carbocycles. The van der Waals surface area contributed by atoms with E-state index < -0.39 is 0 Å². The molecule has 0 spiro atoms. The number of hydrogen-bond donors (Lipinski definition) is 1. The van der Waals surface area contributed by atoms with Crippen LogP contribution in [0.15, 0.2) is 0 Å². The van der Waals surface area contributed by atoms with E-state index in [-0.39, 0.29) is 0 Å². The Morgan fingerprint density at radius 2 is 2.17 bits per heavy atom. The van der Waals surface area contributed by atoms with Gasteiger partial charge in [0.25, 0.3) is 0 Å². The monoisotopic (exact) mass is 163 g/mol. The SMILES string of the molecule is CC#CCNCC1(C2CC2)CC1. The van der Waals surface area contributed by atoms with Gasteiger partial charge in [-0.3, -0.25) is 0 Å². The van der Waals surface area contributed by atoms with Gasteiger partial charge in [0.05, 0.1) is 6.54 Å². The molecular formula is C11H17N. The van der Waals surface area contributed by atoms with E-state index in [1.807, 2.05) is 6.92 Å². The number of nitrogens with one attached hydrogen (secondary N) is 1. The zero-order chi connectivity index (χ0) is 8.44. The van der Waals surface area contributed by atoms with Gasteiger partial charge in [0.1, 0.15) is 0 Å². The maximum absolute atomic E-state index is 3.44. The summed E-state index contributed by atoms with van der Waals surface area (Å²) in [5, 5.41) is 3.44. The molecule has 2 fully saturated rings. The molecule has 0 aromatic carbocycles. The Labute approximate surface area is 74.9 Å². The Bertz CT molecular complexity index is 213. The summed E-state index contributed by atoms with van der Waals surface area (Å²) in [7, 11) is 0. The van der Waals surface area contributed by atoms with Crippen molar-refractivity contribution in [3.8, 4) is 11.8 Å². The largest absolute Gasteiger partial charge is 0.306 e. The second kappa shape index (κ2) is 3.11. The van der Waals surface area contributed by atoms with E-state index in [9.17, 15) is 0 Å². The predicted octanol–water partition coefficient (Wildman–Crippen LogP) is 1.79. The van der Waals surface area contributed by atoms with Crippen molar-refractivity contribution in [2.45, 2.75) is 32.6 Å². The molecule has 1 heteroatoms. The third-order valence-corrected chi connectivity index (χ3v) is 3.20. The summed E-state index contributed by atoms with van der Waals surface area (Å²) in [6, 6.07) is 0. The van der Waals surface area contributed by atoms with Crippen LogP contribution in [0.25, 0.3) is 0 Å². The molecule has 2 rings (SSSR count). The first-order valence-electron chi connectivity index (χ1n) is 4.98. The van der Waals surface area contributed by atoms with Gasteiger partial charge in [0.2, 0.25) is 0 Å². The maximum atomic E-state index is 3.44. The molecule has 2 aliphatic carbocycles. The van der Waals surface area contributed by atoms with Crippen LogP contribution < -0.4 is 5.32 Å². The molecule has 0 amide bonds. The highest BCUT2D eigenvalue weighted by molar-refractivity contribution is 5.06. The Morgan fingerprint density at radius 1 is 1.42 bits per heavy atom. The van der Waals surface area contributed by atoms with Crippen molar-refractivity contribution in [1.29, 1.82) is 0 Å². The first-order valence-corrected chi connectivity index (χ1v) is 4.98. The zero-order valence-corrected chi connectivity index (χ0v) is 7.82. The number of rotatable bonds is 4. The quantitative estimate of drug-likeness (QED) is 0.492. The van der Waals surface area contributed by atoms with Crippen LogP contribution in [0, 0.1) is 23.2 Å². The molecule has 0 atom stereocenters. The Balaban J connectivity index is 1.67. The Morgan fingerprint density at radius 3 is 2.67 bits per heavy atom. The fourth-order valence-electron chi connectivity index (χ4n) is 2.05. The van der Waals surface area contributed by atoms with E-state index >= 15 is 0 Å². The van der Waals surface area contributed by atoms with Crippen LogP contribution >= 0.6 is 0 Å². The van der Waals surface area contributed by atoms with Crippen LogP contribution in [-0.2, 0) is 0 Å². The summed E-state index contributed by atoms with van der Waals surface area (Å²) < 4.78 is 0. The predicted molar refractivity (Wildman–Crippen MR) is 50.7 cm³/mol. The van der Waals surface area contributed by atoms with Crippen molar-refractivity contribution in [2.75, 3.05) is 13.1 Å². The minimum absolute atomic E-state index is 0.732. The first-order chi connectivity index (χ1) is 5.87. The van der Waals surface area contributed by atoms with Crippen LogP contribution in [0.3, 0.4) is 0 Å². The van der Waals surface area contributed by atoms with Crippen LogP contribution in [-0.4, -0.2) is 13.1 Å². The van der Waals surface area contributed by atoms with Gasteiger partial charge in [-0.1, -0.05) is 5.92 Å². The Kier molecular flexibility index (Phi) is 2.11. The van der Waals surface area contributed by atoms with Crippen molar-refractivity contribution in [3.63, 3.8) is 0 Å². The lowest BCUT2D eigenvalue weighted by Gasteiger charge is -2.12. The molecule has 0 saturated heterocycles. The summed E-state index contributed by atoms with van der Waals surface area (Å²) in [6.07, 6.45) is 5.90. The van der Waals surface area contributed by atoms with Crippen molar-refractivity contribution >= 4 is 0 Å². The fraction of sp³-hybridized carbons (Fsp3) is 0.818. The van der Waals surface area contributed by atoms with Crippen molar-refractivity contribution < 1.29 is 0 Å². The van der Waals surface area contributed by atoms with E-state index in [4.69, 9.17) is 0 Å². The van der Waals surface area contributed by atoms with Gasteiger partial charge in [-0.2, -0.15) is 0 Å². The molecule has 12 heavy (non-hydrogen) atoms. The van der Waals surface area contributed by atoms with Gasteiger partial charge in [-0.15, -0.1) is 5.92 Å². The van der Waals surface area contributed by atoms with E-state index in [0.29, 0.717) is 0 Å². The smallest absolute Gasteiger partial charge is 0.0576 e. The second-order valence-electron chi connectivity index (χ2n) is 4.17. The molecule has 2 aliphatic rings. The van der Waals surface area contributed by atoms with Crippen molar-refractivity contribution in [3.05, 3.63) is 0 Å². The summed E-state index contributed by atoms with van der Waals surface area (Å²) in [4.78, 5) is 0. The second-order valence-corrected chi connectivity index (χ2v) is 4.17. The van der Waals surface area contributed by atoms with Gasteiger partial charge in [-0.05, 0) is 43.9 Å². The molecule has 0 bridgehead atoms. The van der Waals surface area contributed by atoms with Gasteiger partial charge in [0.15, 0.2) is 0 Å². The average molecular weight is 163 g/mol. The van der Waals surface area contributed by atoms with Crippen LogP contribution in [0.1, 0.15) is 32.6 Å². The summed E-state index contributed by atoms with van der Waals surface area (Å²) >= 11 is 0. The molecule has 0 aromatic rings. The highest BCUT2D eigenvalue weighted by Gasteiger charge is 2.52. The minimum Gasteiger partial charge on any atom is -0.306 e. The first kappa shape index (κ1) is 8.13. The molecule has 0 heterocycles. The molecule has 0 radical (unpaired) electrons.